The lowest BCUT2D eigenvalue weighted by Gasteiger charge is -2.26. The molecule has 4 aromatic carbocycles. The van der Waals surface area contributed by atoms with Crippen LogP contribution >= 0.6 is 0 Å². The van der Waals surface area contributed by atoms with Gasteiger partial charge in [-0.2, -0.15) is 0 Å². The summed E-state index contributed by atoms with van der Waals surface area (Å²) in [6.07, 6.45) is 0.767. The maximum Gasteiger partial charge on any atom is 0.272 e. The molecular weight excluding hydrogens is 434 g/mol. The molecule has 0 saturated carbocycles. The summed E-state index contributed by atoms with van der Waals surface area (Å²) >= 11 is 0. The molecule has 33 heavy (non-hydrogen) atoms. The van der Waals surface area contributed by atoms with Crippen LogP contribution in [-0.4, -0.2) is 22.6 Å². The third-order valence-corrected chi connectivity index (χ3v) is 7.08. The zero-order valence-corrected chi connectivity index (χ0v) is 19.3. The molecule has 0 aliphatic heterocycles. The van der Waals surface area contributed by atoms with Gasteiger partial charge in [0.2, 0.25) is 0 Å². The first-order valence-corrected chi connectivity index (χ1v) is 11.9. The number of hydrogen-bond acceptors (Lipinski definition) is 4. The Morgan fingerprint density at radius 1 is 0.667 bits per heavy atom. The molecule has 0 atom stereocenters. The van der Waals surface area contributed by atoms with Crippen molar-refractivity contribution in [2.45, 2.75) is 11.3 Å². The second-order valence-electron chi connectivity index (χ2n) is 7.45. The number of rotatable bonds is 8. The molecule has 5 nitrogen and oxygen atoms in total. The van der Waals surface area contributed by atoms with Gasteiger partial charge in [0.1, 0.15) is 16.4 Å². The van der Waals surface area contributed by atoms with Gasteiger partial charge in [0.05, 0.1) is 25.6 Å². The lowest BCUT2D eigenvalue weighted by Crippen LogP contribution is -2.26. The van der Waals surface area contributed by atoms with E-state index in [0.29, 0.717) is 17.1 Å². The van der Waals surface area contributed by atoms with Gasteiger partial charge in [-0.3, -0.25) is 0 Å². The number of ether oxygens (including phenoxy) is 2. The highest BCUT2D eigenvalue weighted by atomic mass is 32.2. The van der Waals surface area contributed by atoms with Gasteiger partial charge in [0, 0.05) is 6.07 Å². The molecule has 0 aromatic heterocycles. The summed E-state index contributed by atoms with van der Waals surface area (Å²) in [6.45, 7) is 0. The van der Waals surface area contributed by atoms with Crippen molar-refractivity contribution in [3.8, 4) is 11.5 Å². The molecule has 0 spiro atoms. The van der Waals surface area contributed by atoms with E-state index >= 15 is 0 Å². The van der Waals surface area contributed by atoms with Gasteiger partial charge in [0.25, 0.3) is 10.0 Å². The van der Waals surface area contributed by atoms with Gasteiger partial charge in [-0.25, -0.2) is 12.7 Å². The number of nitrogens with zero attached hydrogens (tertiary/aromatic N) is 1. The summed E-state index contributed by atoms with van der Waals surface area (Å²) < 4.78 is 39.9. The Kier molecular flexibility index (Phi) is 6.66. The molecule has 4 rings (SSSR count). The fourth-order valence-electron chi connectivity index (χ4n) is 3.65. The predicted octanol–water partition coefficient (Wildman–Crippen LogP) is 5.82. The minimum Gasteiger partial charge on any atom is -0.497 e. The quantitative estimate of drug-likeness (QED) is 0.333. The lowest BCUT2D eigenvalue weighted by molar-refractivity contribution is 0.392. The molecule has 0 bridgehead atoms. The highest BCUT2D eigenvalue weighted by Crippen LogP contribution is 2.37. The van der Waals surface area contributed by atoms with Crippen molar-refractivity contribution in [3.05, 3.63) is 114 Å². The van der Waals surface area contributed by atoms with Gasteiger partial charge in [0.15, 0.2) is 0 Å². The second kappa shape index (κ2) is 9.79. The summed E-state index contributed by atoms with van der Waals surface area (Å²) in [7, 11) is -1.08. The Hall–Kier alpha value is -3.77. The first-order chi connectivity index (χ1) is 16.0. The minimum atomic E-state index is -4.03. The van der Waals surface area contributed by atoms with Crippen LogP contribution in [0.3, 0.4) is 0 Å². The van der Waals surface area contributed by atoms with Gasteiger partial charge < -0.3 is 9.47 Å². The van der Waals surface area contributed by atoms with Crippen molar-refractivity contribution < 1.29 is 17.9 Å². The largest absolute Gasteiger partial charge is 0.497 e. The van der Waals surface area contributed by atoms with E-state index in [1.807, 2.05) is 60.7 Å². The lowest BCUT2D eigenvalue weighted by atomic mass is 10.0. The summed E-state index contributed by atoms with van der Waals surface area (Å²) in [5, 5.41) is 0. The van der Waals surface area contributed by atoms with Crippen LogP contribution in [0.4, 0.5) is 11.4 Å². The topological polar surface area (TPSA) is 55.8 Å². The van der Waals surface area contributed by atoms with Crippen LogP contribution in [0, 0.1) is 0 Å². The highest BCUT2D eigenvalue weighted by Gasteiger charge is 2.30. The summed E-state index contributed by atoms with van der Waals surface area (Å²) in [4.78, 5) is 0.0292. The van der Waals surface area contributed by atoms with Crippen LogP contribution in [0.5, 0.6) is 11.5 Å². The van der Waals surface area contributed by atoms with E-state index in [9.17, 15) is 8.42 Å². The van der Waals surface area contributed by atoms with E-state index in [-0.39, 0.29) is 10.6 Å². The maximum absolute atomic E-state index is 13.9. The standard InChI is InChI=1S/C27H25NO4S/c1-31-25-17-18-26(32-2)27(20-25)33(29,30)28(23-11-7-4-8-12-23)24-15-13-22(14-16-24)19-21-9-5-3-6-10-21/h3-18,20H,19H2,1-2H3. The molecule has 0 fully saturated rings. The smallest absolute Gasteiger partial charge is 0.272 e. The molecule has 0 aliphatic carbocycles. The Morgan fingerprint density at radius 2 is 1.24 bits per heavy atom. The number of methoxy groups -OCH3 is 2. The van der Waals surface area contributed by atoms with Crippen molar-refractivity contribution in [2.24, 2.45) is 0 Å². The minimum absolute atomic E-state index is 0.0292. The Balaban J connectivity index is 1.78. The highest BCUT2D eigenvalue weighted by molar-refractivity contribution is 7.93. The molecule has 0 heterocycles. The van der Waals surface area contributed by atoms with E-state index in [1.165, 1.54) is 30.2 Å². The summed E-state index contributed by atoms with van der Waals surface area (Å²) in [5.74, 6) is 0.679. The Bertz CT molecular complexity index is 1310. The number of para-hydroxylation sites is 1. The normalized spacial score (nSPS) is 11.1. The fraction of sp³-hybridized carbons (Fsp3) is 0.111. The van der Waals surface area contributed by atoms with Gasteiger partial charge >= 0.3 is 0 Å². The van der Waals surface area contributed by atoms with Gasteiger partial charge in [-0.1, -0.05) is 60.7 Å². The molecule has 6 heteroatoms. The van der Waals surface area contributed by atoms with Crippen LogP contribution in [0.2, 0.25) is 0 Å². The van der Waals surface area contributed by atoms with E-state index in [2.05, 4.69) is 12.1 Å². The van der Waals surface area contributed by atoms with Crippen molar-refractivity contribution >= 4 is 21.4 Å². The van der Waals surface area contributed by atoms with Gasteiger partial charge in [-0.05, 0) is 53.9 Å². The van der Waals surface area contributed by atoms with Crippen molar-refractivity contribution in [3.63, 3.8) is 0 Å². The number of anilines is 2. The van der Waals surface area contributed by atoms with Crippen LogP contribution in [0.25, 0.3) is 0 Å². The van der Waals surface area contributed by atoms with Crippen LogP contribution < -0.4 is 13.8 Å². The monoisotopic (exact) mass is 459 g/mol. The average molecular weight is 460 g/mol. The molecule has 168 valence electrons. The maximum atomic E-state index is 13.9. The third kappa shape index (κ3) is 4.86. The SMILES string of the molecule is COc1ccc(OC)c(S(=O)(=O)N(c2ccccc2)c2ccc(Cc3ccccc3)cc2)c1. The van der Waals surface area contributed by atoms with Crippen LogP contribution in [0.1, 0.15) is 11.1 Å². The van der Waals surface area contributed by atoms with Gasteiger partial charge in [-0.15, -0.1) is 0 Å². The Labute approximate surface area is 194 Å². The zero-order chi connectivity index (χ0) is 23.3. The van der Waals surface area contributed by atoms with E-state index in [0.717, 1.165) is 12.0 Å². The summed E-state index contributed by atoms with van der Waals surface area (Å²) in [6, 6.07) is 31.5. The number of hydrogen-bond donors (Lipinski definition) is 0. The molecule has 0 N–H and O–H groups in total. The van der Waals surface area contributed by atoms with E-state index < -0.39 is 10.0 Å². The molecule has 0 aliphatic rings. The van der Waals surface area contributed by atoms with Crippen molar-refractivity contribution in [1.82, 2.24) is 0 Å². The molecule has 0 saturated heterocycles. The number of benzene rings is 4. The molecule has 0 amide bonds. The summed E-state index contributed by atoms with van der Waals surface area (Å²) in [5.41, 5.74) is 3.34. The van der Waals surface area contributed by atoms with Crippen molar-refractivity contribution in [1.29, 1.82) is 0 Å². The van der Waals surface area contributed by atoms with Crippen LogP contribution in [0.15, 0.2) is 108 Å². The third-order valence-electron chi connectivity index (χ3n) is 5.30. The average Bonchev–Trinajstić information content (AvgIpc) is 2.86. The zero-order valence-electron chi connectivity index (χ0n) is 18.5. The molecular formula is C27H25NO4S. The first kappa shape index (κ1) is 22.4. The fourth-order valence-corrected chi connectivity index (χ4v) is 5.32. The van der Waals surface area contributed by atoms with E-state index in [4.69, 9.17) is 9.47 Å². The molecule has 4 aromatic rings. The predicted molar refractivity (Wildman–Crippen MR) is 131 cm³/mol. The molecule has 0 radical (unpaired) electrons. The van der Waals surface area contributed by atoms with Crippen molar-refractivity contribution in [2.75, 3.05) is 18.5 Å². The Morgan fingerprint density at radius 3 is 1.85 bits per heavy atom. The van der Waals surface area contributed by atoms with Crippen LogP contribution in [-0.2, 0) is 16.4 Å². The molecule has 0 unspecified atom stereocenters. The van der Waals surface area contributed by atoms with E-state index in [1.54, 1.807) is 24.3 Å². The number of sulfonamides is 1. The first-order valence-electron chi connectivity index (χ1n) is 10.5. The second-order valence-corrected chi connectivity index (χ2v) is 9.21.